The molecule has 7 heteroatoms. The Balaban J connectivity index is 2.37. The van der Waals surface area contributed by atoms with E-state index < -0.39 is 29.5 Å². The third-order valence-corrected chi connectivity index (χ3v) is 2.92. The van der Waals surface area contributed by atoms with Crippen LogP contribution in [0.25, 0.3) is 0 Å². The van der Waals surface area contributed by atoms with Crippen molar-refractivity contribution < 1.29 is 18.0 Å². The number of nitrogens with one attached hydrogen (secondary N) is 1. The molecular weight excluding hydrogens is 247 g/mol. The largest absolute Gasteiger partial charge is 0.351 e. The van der Waals surface area contributed by atoms with Crippen molar-refractivity contribution in [3.05, 3.63) is 35.1 Å². The van der Waals surface area contributed by atoms with Crippen LogP contribution in [0.4, 0.5) is 18.0 Å². The monoisotopic (exact) mass is 259 g/mol. The van der Waals surface area contributed by atoms with Crippen molar-refractivity contribution in [2.24, 2.45) is 5.73 Å². The van der Waals surface area contributed by atoms with Gasteiger partial charge in [-0.3, -0.25) is 0 Å². The molecule has 1 heterocycles. The van der Waals surface area contributed by atoms with E-state index in [9.17, 15) is 18.0 Å². The summed E-state index contributed by atoms with van der Waals surface area (Å²) in [6.07, 6.45) is 0. The number of primary amides is 1. The number of carbonyl (C=O) groups is 1. The van der Waals surface area contributed by atoms with Gasteiger partial charge in [0.05, 0.1) is 6.04 Å². The number of halogens is 3. The van der Waals surface area contributed by atoms with E-state index in [-0.39, 0.29) is 5.56 Å². The van der Waals surface area contributed by atoms with Crippen LogP contribution >= 0.6 is 0 Å². The number of nitrogens with two attached hydrogens (primary N) is 1. The molecular formula is C11H12F3N3O. The minimum absolute atomic E-state index is 0.178. The first-order valence-corrected chi connectivity index (χ1v) is 5.42. The fourth-order valence-corrected chi connectivity index (χ4v) is 2.03. The van der Waals surface area contributed by atoms with Crippen LogP contribution in [0.15, 0.2) is 12.1 Å². The number of carbonyl (C=O) groups excluding carboxylic acids is 1. The number of piperazine rings is 1. The van der Waals surface area contributed by atoms with Gasteiger partial charge in [0.25, 0.3) is 0 Å². The molecule has 0 spiro atoms. The number of nitrogens with zero attached hydrogens (tertiary/aromatic N) is 1. The normalized spacial score (nSPS) is 19.9. The van der Waals surface area contributed by atoms with Gasteiger partial charge in [-0.2, -0.15) is 0 Å². The smallest absolute Gasteiger partial charge is 0.315 e. The fraction of sp³-hybridized carbons (Fsp3) is 0.364. The molecule has 1 aromatic carbocycles. The Morgan fingerprint density at radius 2 is 1.94 bits per heavy atom. The lowest BCUT2D eigenvalue weighted by Gasteiger charge is -2.35. The molecule has 1 aliphatic rings. The molecule has 2 amide bonds. The molecule has 0 aromatic heterocycles. The standard InChI is InChI=1S/C11H12F3N3O/c12-7-3-6(4-8(13)10(7)14)9-5-16-1-2-17(9)11(15)18/h3-4,9,16H,1-2,5H2,(H2,15,18). The molecule has 0 radical (unpaired) electrons. The summed E-state index contributed by atoms with van der Waals surface area (Å²) in [4.78, 5) is 12.5. The van der Waals surface area contributed by atoms with Crippen LogP contribution in [0.1, 0.15) is 11.6 Å². The highest BCUT2D eigenvalue weighted by Crippen LogP contribution is 2.25. The molecule has 18 heavy (non-hydrogen) atoms. The highest BCUT2D eigenvalue weighted by Gasteiger charge is 2.28. The molecule has 4 nitrogen and oxygen atoms in total. The third kappa shape index (κ3) is 2.26. The maximum atomic E-state index is 13.2. The highest BCUT2D eigenvalue weighted by molar-refractivity contribution is 5.72. The molecule has 1 saturated heterocycles. The quantitative estimate of drug-likeness (QED) is 0.743. The first kappa shape index (κ1) is 12.7. The second-order valence-corrected chi connectivity index (χ2v) is 4.05. The van der Waals surface area contributed by atoms with E-state index in [0.29, 0.717) is 19.6 Å². The predicted molar refractivity (Wildman–Crippen MR) is 58.2 cm³/mol. The number of benzene rings is 1. The third-order valence-electron chi connectivity index (χ3n) is 2.92. The van der Waals surface area contributed by atoms with Crippen LogP contribution in [0.2, 0.25) is 0 Å². The summed E-state index contributed by atoms with van der Waals surface area (Å²) >= 11 is 0. The predicted octanol–water partition coefficient (Wildman–Crippen LogP) is 1.13. The lowest BCUT2D eigenvalue weighted by molar-refractivity contribution is 0.167. The number of rotatable bonds is 1. The molecule has 3 N–H and O–H groups in total. The molecule has 1 unspecified atom stereocenters. The molecule has 1 fully saturated rings. The zero-order chi connectivity index (χ0) is 13.3. The average Bonchev–Trinajstić information content (AvgIpc) is 2.35. The van der Waals surface area contributed by atoms with Gasteiger partial charge in [0.1, 0.15) is 0 Å². The summed E-state index contributed by atoms with van der Waals surface area (Å²) in [5.41, 5.74) is 5.38. The Labute approximate surface area is 102 Å². The van der Waals surface area contributed by atoms with Crippen LogP contribution in [-0.4, -0.2) is 30.6 Å². The number of amides is 2. The summed E-state index contributed by atoms with van der Waals surface area (Å²) in [6, 6.07) is 0.491. The van der Waals surface area contributed by atoms with Gasteiger partial charge in [0.15, 0.2) is 17.5 Å². The molecule has 0 saturated carbocycles. The number of hydrogen-bond acceptors (Lipinski definition) is 2. The molecule has 1 atom stereocenters. The average molecular weight is 259 g/mol. The molecule has 0 aliphatic carbocycles. The summed E-state index contributed by atoms with van der Waals surface area (Å²) < 4.78 is 39.2. The first-order chi connectivity index (χ1) is 8.50. The Kier molecular flexibility index (Phi) is 3.42. The molecule has 98 valence electrons. The van der Waals surface area contributed by atoms with E-state index in [4.69, 9.17) is 5.73 Å². The Bertz CT molecular complexity index is 458. The van der Waals surface area contributed by atoms with E-state index in [1.165, 1.54) is 4.90 Å². The van der Waals surface area contributed by atoms with E-state index in [2.05, 4.69) is 5.32 Å². The fourth-order valence-electron chi connectivity index (χ4n) is 2.03. The van der Waals surface area contributed by atoms with Crippen LogP contribution < -0.4 is 11.1 Å². The first-order valence-electron chi connectivity index (χ1n) is 5.42. The van der Waals surface area contributed by atoms with Crippen molar-refractivity contribution >= 4 is 6.03 Å². The van der Waals surface area contributed by atoms with Crippen molar-refractivity contribution in [3.8, 4) is 0 Å². The van der Waals surface area contributed by atoms with Gasteiger partial charge >= 0.3 is 6.03 Å². The van der Waals surface area contributed by atoms with Crippen molar-refractivity contribution in [3.63, 3.8) is 0 Å². The second-order valence-electron chi connectivity index (χ2n) is 4.05. The van der Waals surface area contributed by atoms with E-state index >= 15 is 0 Å². The van der Waals surface area contributed by atoms with Gasteiger partial charge < -0.3 is 16.0 Å². The van der Waals surface area contributed by atoms with E-state index in [1.807, 2.05) is 0 Å². The van der Waals surface area contributed by atoms with Gasteiger partial charge in [-0.25, -0.2) is 18.0 Å². The molecule has 1 aromatic rings. The molecule has 2 rings (SSSR count). The SMILES string of the molecule is NC(=O)N1CCNCC1c1cc(F)c(F)c(F)c1. The zero-order valence-corrected chi connectivity index (χ0v) is 9.42. The summed E-state index contributed by atoms with van der Waals surface area (Å²) in [5.74, 6) is -4.08. The van der Waals surface area contributed by atoms with Crippen LogP contribution in [0, 0.1) is 17.5 Å². The Morgan fingerprint density at radius 1 is 1.33 bits per heavy atom. The Hall–Kier alpha value is -1.76. The number of hydrogen-bond donors (Lipinski definition) is 2. The van der Waals surface area contributed by atoms with Gasteiger partial charge in [-0.15, -0.1) is 0 Å². The lowest BCUT2D eigenvalue weighted by atomic mass is 10.0. The zero-order valence-electron chi connectivity index (χ0n) is 9.42. The minimum Gasteiger partial charge on any atom is -0.351 e. The van der Waals surface area contributed by atoms with Gasteiger partial charge in [-0.1, -0.05) is 0 Å². The van der Waals surface area contributed by atoms with Gasteiger partial charge in [-0.05, 0) is 17.7 Å². The topological polar surface area (TPSA) is 58.4 Å². The molecule has 1 aliphatic heterocycles. The highest BCUT2D eigenvalue weighted by atomic mass is 19.2. The van der Waals surface area contributed by atoms with E-state index in [0.717, 1.165) is 12.1 Å². The van der Waals surface area contributed by atoms with Crippen molar-refractivity contribution in [2.45, 2.75) is 6.04 Å². The van der Waals surface area contributed by atoms with E-state index in [1.54, 1.807) is 0 Å². The summed E-state index contributed by atoms with van der Waals surface area (Å²) in [7, 11) is 0. The van der Waals surface area contributed by atoms with Crippen LogP contribution in [0.5, 0.6) is 0 Å². The van der Waals surface area contributed by atoms with Crippen molar-refractivity contribution in [1.82, 2.24) is 10.2 Å². The Morgan fingerprint density at radius 3 is 2.50 bits per heavy atom. The van der Waals surface area contributed by atoms with Crippen molar-refractivity contribution in [2.75, 3.05) is 19.6 Å². The molecule has 0 bridgehead atoms. The van der Waals surface area contributed by atoms with Crippen LogP contribution in [-0.2, 0) is 0 Å². The number of urea groups is 1. The van der Waals surface area contributed by atoms with Crippen molar-refractivity contribution in [1.29, 1.82) is 0 Å². The second kappa shape index (κ2) is 4.85. The summed E-state index contributed by atoms with van der Waals surface area (Å²) in [6.45, 7) is 1.19. The summed E-state index contributed by atoms with van der Waals surface area (Å²) in [5, 5.41) is 2.98. The maximum Gasteiger partial charge on any atom is 0.315 e. The van der Waals surface area contributed by atoms with Gasteiger partial charge in [0.2, 0.25) is 0 Å². The minimum atomic E-state index is -1.52. The maximum absolute atomic E-state index is 13.2. The van der Waals surface area contributed by atoms with Crippen LogP contribution in [0.3, 0.4) is 0 Å². The van der Waals surface area contributed by atoms with Gasteiger partial charge in [0, 0.05) is 19.6 Å². The lowest BCUT2D eigenvalue weighted by Crippen LogP contribution is -2.50.